The van der Waals surface area contributed by atoms with Crippen molar-refractivity contribution in [3.8, 4) is 5.75 Å². The van der Waals surface area contributed by atoms with Crippen LogP contribution < -0.4 is 9.64 Å². The molecule has 3 aromatic carbocycles. The molecule has 1 saturated heterocycles. The minimum absolute atomic E-state index is 0.0308. The number of ketones is 1. The number of aromatic nitrogens is 1. The quantitative estimate of drug-likeness (QED) is 0.339. The Bertz CT molecular complexity index is 1310. The number of benzene rings is 3. The van der Waals surface area contributed by atoms with Gasteiger partial charge in [-0.05, 0) is 37.1 Å². The van der Waals surface area contributed by atoms with Crippen LogP contribution in [0.3, 0.4) is 0 Å². The van der Waals surface area contributed by atoms with Gasteiger partial charge >= 0.3 is 0 Å². The molecule has 1 atom stereocenters. The number of carbonyl (C=O) groups excluding carboxylic acids is 2. The largest absolute Gasteiger partial charge is 0.494 e. The lowest BCUT2D eigenvalue weighted by Crippen LogP contribution is -2.37. The third-order valence-electron chi connectivity index (χ3n) is 5.91. The lowest BCUT2D eigenvalue weighted by atomic mass is 10.0. The second-order valence-corrected chi connectivity index (χ2v) is 9.14. The molecule has 1 unspecified atom stereocenters. The first kappa shape index (κ1) is 22.3. The molecule has 1 aromatic heterocycles. The van der Waals surface area contributed by atoms with E-state index in [1.54, 1.807) is 48.4 Å². The molecule has 0 saturated carbocycles. The second kappa shape index (κ2) is 9.75. The van der Waals surface area contributed by atoms with E-state index in [-0.39, 0.29) is 17.8 Å². The molecule has 1 aliphatic heterocycles. The summed E-state index contributed by atoms with van der Waals surface area (Å²) >= 11 is 1.45. The minimum Gasteiger partial charge on any atom is -0.494 e. The molecule has 6 nitrogen and oxygen atoms in total. The second-order valence-electron chi connectivity index (χ2n) is 8.13. The highest BCUT2D eigenvalue weighted by Crippen LogP contribution is 2.35. The first-order chi connectivity index (χ1) is 16.6. The zero-order valence-electron chi connectivity index (χ0n) is 18.8. The maximum absolute atomic E-state index is 13.6. The number of rotatable bonds is 7. The summed E-state index contributed by atoms with van der Waals surface area (Å²) in [6.45, 7) is 1.13. The zero-order chi connectivity index (χ0) is 23.5. The fourth-order valence-electron chi connectivity index (χ4n) is 4.11. The van der Waals surface area contributed by atoms with Crippen LogP contribution in [0.5, 0.6) is 5.75 Å². The maximum Gasteiger partial charge on any atom is 0.260 e. The van der Waals surface area contributed by atoms with Gasteiger partial charge in [0.05, 0.1) is 24.5 Å². The Morgan fingerprint density at radius 3 is 2.44 bits per heavy atom. The van der Waals surface area contributed by atoms with Gasteiger partial charge < -0.3 is 9.47 Å². The third kappa shape index (κ3) is 4.44. The summed E-state index contributed by atoms with van der Waals surface area (Å²) in [7, 11) is 1.61. The van der Waals surface area contributed by atoms with E-state index in [0.29, 0.717) is 40.7 Å². The van der Waals surface area contributed by atoms with Crippen LogP contribution in [0.15, 0.2) is 72.8 Å². The van der Waals surface area contributed by atoms with Crippen LogP contribution >= 0.6 is 11.3 Å². The molecular formula is C27H24N2O4S. The van der Waals surface area contributed by atoms with Crippen molar-refractivity contribution in [3.63, 3.8) is 0 Å². The van der Waals surface area contributed by atoms with Crippen LogP contribution in [0.4, 0.5) is 5.13 Å². The van der Waals surface area contributed by atoms with Crippen molar-refractivity contribution in [2.24, 2.45) is 0 Å². The minimum atomic E-state index is -0.174. The smallest absolute Gasteiger partial charge is 0.260 e. The lowest BCUT2D eigenvalue weighted by molar-refractivity contribution is 0.0917. The summed E-state index contributed by atoms with van der Waals surface area (Å²) in [5.41, 5.74) is 2.39. The van der Waals surface area contributed by atoms with Crippen molar-refractivity contribution in [2.75, 3.05) is 25.2 Å². The Labute approximate surface area is 201 Å². The summed E-state index contributed by atoms with van der Waals surface area (Å²) in [5.74, 6) is 0.426. The molecule has 1 aliphatic rings. The van der Waals surface area contributed by atoms with E-state index in [1.807, 2.05) is 36.4 Å². The van der Waals surface area contributed by atoms with Gasteiger partial charge in [0.2, 0.25) is 0 Å². The van der Waals surface area contributed by atoms with Crippen molar-refractivity contribution in [1.82, 2.24) is 4.98 Å². The van der Waals surface area contributed by atoms with Crippen LogP contribution in [0, 0.1) is 0 Å². The van der Waals surface area contributed by atoms with Crippen LogP contribution in [0.2, 0.25) is 0 Å². The van der Waals surface area contributed by atoms with Gasteiger partial charge in [-0.25, -0.2) is 4.98 Å². The maximum atomic E-state index is 13.6. The van der Waals surface area contributed by atoms with Gasteiger partial charge in [0.15, 0.2) is 10.9 Å². The molecule has 34 heavy (non-hydrogen) atoms. The monoisotopic (exact) mass is 472 g/mol. The SMILES string of the molecule is COc1cccc2sc(N(CC3CCCO3)C(=O)c3ccc(C(=O)c4ccccc4)cc3)nc12. The molecular weight excluding hydrogens is 448 g/mol. The molecule has 0 spiro atoms. The number of thiazole rings is 1. The molecule has 2 heterocycles. The van der Waals surface area contributed by atoms with Crippen LogP contribution in [-0.2, 0) is 4.74 Å². The standard InChI is InChI=1S/C27H24N2O4S/c1-32-22-10-5-11-23-24(22)28-27(34-23)29(17-21-9-6-16-33-21)26(31)20-14-12-19(13-15-20)25(30)18-7-3-2-4-8-18/h2-5,7-8,10-15,21H,6,9,16-17H2,1H3. The molecule has 1 amide bonds. The number of hydrogen-bond acceptors (Lipinski definition) is 6. The predicted molar refractivity (Wildman–Crippen MR) is 133 cm³/mol. The Kier molecular flexibility index (Phi) is 6.38. The first-order valence-corrected chi connectivity index (χ1v) is 12.0. The average molecular weight is 473 g/mol. The number of anilines is 1. The molecule has 0 radical (unpaired) electrons. The highest BCUT2D eigenvalue weighted by atomic mass is 32.1. The van der Waals surface area contributed by atoms with Crippen molar-refractivity contribution in [3.05, 3.63) is 89.5 Å². The number of fused-ring (bicyclic) bond motifs is 1. The van der Waals surface area contributed by atoms with Crippen molar-refractivity contribution in [1.29, 1.82) is 0 Å². The van der Waals surface area contributed by atoms with Crippen molar-refractivity contribution < 1.29 is 19.1 Å². The summed E-state index contributed by atoms with van der Waals surface area (Å²) in [4.78, 5) is 32.8. The third-order valence-corrected chi connectivity index (χ3v) is 6.95. The predicted octanol–water partition coefficient (Wildman–Crippen LogP) is 5.36. The summed E-state index contributed by atoms with van der Waals surface area (Å²) in [6.07, 6.45) is 1.86. The summed E-state index contributed by atoms with van der Waals surface area (Å²) in [6, 6.07) is 21.7. The number of carbonyl (C=O) groups is 2. The Morgan fingerprint density at radius 1 is 1.00 bits per heavy atom. The first-order valence-electron chi connectivity index (χ1n) is 11.2. The van der Waals surface area contributed by atoms with Gasteiger partial charge in [-0.3, -0.25) is 14.5 Å². The van der Waals surface area contributed by atoms with Gasteiger partial charge in [-0.2, -0.15) is 0 Å². The van der Waals surface area contributed by atoms with E-state index >= 15 is 0 Å². The highest BCUT2D eigenvalue weighted by Gasteiger charge is 2.27. The fraction of sp³-hybridized carbons (Fsp3) is 0.222. The fourth-order valence-corrected chi connectivity index (χ4v) is 5.10. The van der Waals surface area contributed by atoms with Crippen molar-refractivity contribution in [2.45, 2.75) is 18.9 Å². The molecule has 0 aliphatic carbocycles. The van der Waals surface area contributed by atoms with E-state index in [9.17, 15) is 9.59 Å². The topological polar surface area (TPSA) is 68.7 Å². The van der Waals surface area contributed by atoms with Crippen LogP contribution in [-0.4, -0.2) is 43.0 Å². The number of amides is 1. The van der Waals surface area contributed by atoms with Crippen molar-refractivity contribution >= 4 is 38.4 Å². The number of nitrogens with zero attached hydrogens (tertiary/aromatic N) is 2. The van der Waals surface area contributed by atoms with Gasteiger partial charge in [0.25, 0.3) is 5.91 Å². The number of hydrogen-bond donors (Lipinski definition) is 0. The van der Waals surface area contributed by atoms with E-state index in [1.165, 1.54) is 11.3 Å². The normalized spacial score (nSPS) is 15.4. The Hall–Kier alpha value is -3.55. The van der Waals surface area contributed by atoms with Gasteiger partial charge in [0, 0.05) is 23.3 Å². The average Bonchev–Trinajstić information content (AvgIpc) is 3.56. The number of para-hydroxylation sites is 1. The van der Waals surface area contributed by atoms with E-state index < -0.39 is 0 Å². The molecule has 7 heteroatoms. The van der Waals surface area contributed by atoms with Crippen LogP contribution in [0.25, 0.3) is 10.2 Å². The molecule has 4 aromatic rings. The lowest BCUT2D eigenvalue weighted by Gasteiger charge is -2.23. The molecule has 172 valence electrons. The van der Waals surface area contributed by atoms with Crippen LogP contribution in [0.1, 0.15) is 39.1 Å². The Balaban J connectivity index is 1.45. The van der Waals surface area contributed by atoms with Gasteiger partial charge in [0.1, 0.15) is 11.3 Å². The number of methoxy groups -OCH3 is 1. The summed E-state index contributed by atoms with van der Waals surface area (Å²) in [5, 5.41) is 0.601. The van der Waals surface area contributed by atoms with E-state index in [4.69, 9.17) is 14.5 Å². The Morgan fingerprint density at radius 2 is 1.74 bits per heavy atom. The number of ether oxygens (including phenoxy) is 2. The highest BCUT2D eigenvalue weighted by molar-refractivity contribution is 7.22. The zero-order valence-corrected chi connectivity index (χ0v) is 19.6. The molecule has 0 N–H and O–H groups in total. The van der Waals surface area contributed by atoms with Gasteiger partial charge in [-0.1, -0.05) is 59.9 Å². The molecule has 1 fully saturated rings. The summed E-state index contributed by atoms with van der Waals surface area (Å²) < 4.78 is 12.2. The molecule has 0 bridgehead atoms. The van der Waals surface area contributed by atoms with E-state index in [2.05, 4.69) is 0 Å². The molecule has 5 rings (SSSR count). The van der Waals surface area contributed by atoms with Gasteiger partial charge in [-0.15, -0.1) is 0 Å². The van der Waals surface area contributed by atoms with E-state index in [0.717, 1.165) is 23.1 Å².